The van der Waals surface area contributed by atoms with Gasteiger partial charge in [-0.1, -0.05) is 18.2 Å². The average Bonchev–Trinajstić information content (AvgIpc) is 3.06. The summed E-state index contributed by atoms with van der Waals surface area (Å²) in [5, 5.41) is 11.7. The quantitative estimate of drug-likeness (QED) is 0.770. The van der Waals surface area contributed by atoms with Crippen molar-refractivity contribution in [1.82, 2.24) is 10.3 Å². The van der Waals surface area contributed by atoms with Crippen LogP contribution in [0.2, 0.25) is 0 Å². The summed E-state index contributed by atoms with van der Waals surface area (Å²) in [5.41, 5.74) is 1.51. The summed E-state index contributed by atoms with van der Waals surface area (Å²) in [5.74, 6) is -1.02. The molecule has 2 heterocycles. The van der Waals surface area contributed by atoms with Crippen LogP contribution in [0, 0.1) is 0 Å². The highest BCUT2D eigenvalue weighted by molar-refractivity contribution is 6.07. The third-order valence-corrected chi connectivity index (χ3v) is 3.13. The van der Waals surface area contributed by atoms with Crippen molar-refractivity contribution in [2.45, 2.75) is 0 Å². The van der Waals surface area contributed by atoms with E-state index in [-0.39, 0.29) is 0 Å². The van der Waals surface area contributed by atoms with Gasteiger partial charge in [0.15, 0.2) is 5.76 Å². The Labute approximate surface area is 125 Å². The lowest BCUT2D eigenvalue weighted by Gasteiger charge is -2.08. The van der Waals surface area contributed by atoms with Gasteiger partial charge in [-0.3, -0.25) is 9.59 Å². The number of furan rings is 1. The molecule has 0 bridgehead atoms. The number of hydrogen-bond acceptors (Lipinski definition) is 4. The van der Waals surface area contributed by atoms with Crippen LogP contribution >= 0.6 is 0 Å². The third kappa shape index (κ3) is 2.67. The van der Waals surface area contributed by atoms with Gasteiger partial charge in [0.2, 0.25) is 0 Å². The van der Waals surface area contributed by atoms with E-state index in [2.05, 4.69) is 10.3 Å². The number of hydrogen-bond donors (Lipinski definition) is 2. The predicted molar refractivity (Wildman–Crippen MR) is 79.4 cm³/mol. The van der Waals surface area contributed by atoms with Gasteiger partial charge in [0.25, 0.3) is 5.91 Å². The molecule has 6 nitrogen and oxygen atoms in total. The zero-order valence-electron chi connectivity index (χ0n) is 11.4. The largest absolute Gasteiger partial charge is 0.480 e. The van der Waals surface area contributed by atoms with Crippen molar-refractivity contribution in [3.8, 4) is 11.5 Å². The molecular weight excluding hydrogens is 284 g/mol. The Bertz CT molecular complexity index is 840. The summed E-state index contributed by atoms with van der Waals surface area (Å²) >= 11 is 0. The molecule has 0 saturated carbocycles. The Morgan fingerprint density at radius 2 is 2.00 bits per heavy atom. The van der Waals surface area contributed by atoms with Crippen molar-refractivity contribution >= 4 is 22.8 Å². The number of carbonyl (C=O) groups excluding carboxylic acids is 1. The zero-order chi connectivity index (χ0) is 15.5. The van der Waals surface area contributed by atoms with E-state index >= 15 is 0 Å². The first-order chi connectivity index (χ1) is 10.6. The summed E-state index contributed by atoms with van der Waals surface area (Å²) in [7, 11) is 0. The summed E-state index contributed by atoms with van der Waals surface area (Å²) in [6.45, 7) is -0.439. The fraction of sp³-hybridized carbons (Fsp3) is 0.0625. The molecule has 0 radical (unpaired) electrons. The molecule has 0 atom stereocenters. The number of pyridine rings is 1. The van der Waals surface area contributed by atoms with Gasteiger partial charge in [-0.2, -0.15) is 0 Å². The smallest absolute Gasteiger partial charge is 0.322 e. The number of rotatable bonds is 4. The summed E-state index contributed by atoms with van der Waals surface area (Å²) in [4.78, 5) is 27.3. The van der Waals surface area contributed by atoms with E-state index in [0.717, 1.165) is 0 Å². The van der Waals surface area contributed by atoms with E-state index in [4.69, 9.17) is 9.52 Å². The van der Waals surface area contributed by atoms with E-state index in [1.807, 2.05) is 6.07 Å². The zero-order valence-corrected chi connectivity index (χ0v) is 11.4. The number of aliphatic carboxylic acids is 1. The fourth-order valence-corrected chi connectivity index (χ4v) is 2.16. The molecular formula is C16H12N2O4. The van der Waals surface area contributed by atoms with Crippen molar-refractivity contribution in [1.29, 1.82) is 0 Å². The van der Waals surface area contributed by atoms with Gasteiger partial charge in [0, 0.05) is 5.39 Å². The number of para-hydroxylation sites is 1. The minimum Gasteiger partial charge on any atom is -0.480 e. The van der Waals surface area contributed by atoms with E-state index in [1.165, 1.54) is 6.26 Å². The molecule has 0 aliphatic rings. The molecule has 2 N–H and O–H groups in total. The summed E-state index contributed by atoms with van der Waals surface area (Å²) < 4.78 is 5.31. The molecule has 3 aromatic rings. The first-order valence-electron chi connectivity index (χ1n) is 6.59. The molecule has 0 aliphatic heterocycles. The van der Waals surface area contributed by atoms with Crippen LogP contribution in [0.5, 0.6) is 0 Å². The van der Waals surface area contributed by atoms with Crippen molar-refractivity contribution < 1.29 is 19.1 Å². The second-order valence-corrected chi connectivity index (χ2v) is 4.63. The topological polar surface area (TPSA) is 92.4 Å². The van der Waals surface area contributed by atoms with E-state index in [9.17, 15) is 9.59 Å². The Hall–Kier alpha value is -3.15. The first kappa shape index (κ1) is 13.8. The Kier molecular flexibility index (Phi) is 3.57. The molecule has 22 heavy (non-hydrogen) atoms. The summed E-state index contributed by atoms with van der Waals surface area (Å²) in [6, 6.07) is 12.2. The maximum atomic E-state index is 12.3. The molecule has 6 heteroatoms. The molecule has 1 aromatic carbocycles. The summed E-state index contributed by atoms with van der Waals surface area (Å²) in [6.07, 6.45) is 1.52. The standard InChI is InChI=1S/C16H12N2O4/c19-15(20)9-17-16(21)11-8-13(14-6-3-7-22-14)18-12-5-2-1-4-10(11)12/h1-8H,9H2,(H,17,21)(H,19,20). The predicted octanol–water partition coefficient (Wildman–Crippen LogP) is 2.31. The number of fused-ring (bicyclic) bond motifs is 1. The number of carbonyl (C=O) groups is 2. The van der Waals surface area contributed by atoms with Crippen LogP contribution in [0.25, 0.3) is 22.4 Å². The molecule has 0 unspecified atom stereocenters. The van der Waals surface area contributed by atoms with Crippen LogP contribution in [-0.2, 0) is 4.79 Å². The normalized spacial score (nSPS) is 10.5. The minimum absolute atomic E-state index is 0.359. The van der Waals surface area contributed by atoms with Crippen LogP contribution in [-0.4, -0.2) is 28.5 Å². The number of amides is 1. The van der Waals surface area contributed by atoms with E-state index < -0.39 is 18.4 Å². The molecule has 0 spiro atoms. The molecule has 3 rings (SSSR count). The van der Waals surface area contributed by atoms with Gasteiger partial charge in [-0.25, -0.2) is 4.98 Å². The molecule has 110 valence electrons. The molecule has 0 fully saturated rings. The van der Waals surface area contributed by atoms with Gasteiger partial charge in [0.05, 0.1) is 17.3 Å². The number of carboxylic acid groups (broad SMARTS) is 1. The van der Waals surface area contributed by atoms with Gasteiger partial charge in [-0.15, -0.1) is 0 Å². The molecule has 1 amide bonds. The lowest BCUT2D eigenvalue weighted by Crippen LogP contribution is -2.29. The second kappa shape index (κ2) is 5.69. The molecule has 2 aromatic heterocycles. The van der Waals surface area contributed by atoms with Crippen molar-refractivity contribution in [3.63, 3.8) is 0 Å². The maximum Gasteiger partial charge on any atom is 0.322 e. The van der Waals surface area contributed by atoms with Crippen molar-refractivity contribution in [2.24, 2.45) is 0 Å². The number of benzene rings is 1. The maximum absolute atomic E-state index is 12.3. The lowest BCUT2D eigenvalue weighted by molar-refractivity contribution is -0.135. The van der Waals surface area contributed by atoms with Crippen molar-refractivity contribution in [2.75, 3.05) is 6.54 Å². The molecule has 0 aliphatic carbocycles. The van der Waals surface area contributed by atoms with Crippen LogP contribution in [0.3, 0.4) is 0 Å². The minimum atomic E-state index is -1.10. The monoisotopic (exact) mass is 296 g/mol. The van der Waals surface area contributed by atoms with Gasteiger partial charge in [0.1, 0.15) is 12.2 Å². The average molecular weight is 296 g/mol. The Balaban J connectivity index is 2.10. The van der Waals surface area contributed by atoms with Crippen LogP contribution < -0.4 is 5.32 Å². The fourth-order valence-electron chi connectivity index (χ4n) is 2.16. The molecule has 0 saturated heterocycles. The Morgan fingerprint density at radius 1 is 1.18 bits per heavy atom. The van der Waals surface area contributed by atoms with E-state index in [1.54, 1.807) is 36.4 Å². The van der Waals surface area contributed by atoms with Gasteiger partial charge >= 0.3 is 5.97 Å². The second-order valence-electron chi connectivity index (χ2n) is 4.63. The van der Waals surface area contributed by atoms with Gasteiger partial charge < -0.3 is 14.8 Å². The highest BCUT2D eigenvalue weighted by Gasteiger charge is 2.15. The lowest BCUT2D eigenvalue weighted by atomic mass is 10.1. The Morgan fingerprint density at radius 3 is 2.73 bits per heavy atom. The number of aromatic nitrogens is 1. The SMILES string of the molecule is O=C(O)CNC(=O)c1cc(-c2ccco2)nc2ccccc12. The van der Waals surface area contributed by atoms with Gasteiger partial charge in [-0.05, 0) is 24.3 Å². The van der Waals surface area contributed by atoms with Crippen LogP contribution in [0.1, 0.15) is 10.4 Å². The number of carboxylic acids is 1. The van der Waals surface area contributed by atoms with Crippen LogP contribution in [0.4, 0.5) is 0 Å². The third-order valence-electron chi connectivity index (χ3n) is 3.13. The van der Waals surface area contributed by atoms with Crippen molar-refractivity contribution in [3.05, 3.63) is 54.3 Å². The highest BCUT2D eigenvalue weighted by Crippen LogP contribution is 2.25. The highest BCUT2D eigenvalue weighted by atomic mass is 16.4. The van der Waals surface area contributed by atoms with Crippen LogP contribution in [0.15, 0.2) is 53.1 Å². The van der Waals surface area contributed by atoms with E-state index in [0.29, 0.717) is 27.9 Å². The first-order valence-corrected chi connectivity index (χ1v) is 6.59. The number of nitrogens with one attached hydrogen (secondary N) is 1. The number of nitrogens with zero attached hydrogens (tertiary/aromatic N) is 1.